The first kappa shape index (κ1) is 70.4. The van der Waals surface area contributed by atoms with Gasteiger partial charge in [-0.25, -0.2) is 0 Å². The van der Waals surface area contributed by atoms with Crippen molar-refractivity contribution in [1.82, 2.24) is 9.80 Å². The van der Waals surface area contributed by atoms with Gasteiger partial charge in [-0.2, -0.15) is 0 Å². The van der Waals surface area contributed by atoms with Crippen LogP contribution in [0.3, 0.4) is 0 Å². The lowest BCUT2D eigenvalue weighted by Gasteiger charge is -2.28. The van der Waals surface area contributed by atoms with Gasteiger partial charge in [0.1, 0.15) is 0 Å². The molecule has 0 aromatic rings. The number of esters is 2. The predicted molar refractivity (Wildman–Crippen MR) is 306 cm³/mol. The summed E-state index contributed by atoms with van der Waals surface area (Å²) < 4.78 is 11.7. The minimum Gasteiger partial charge on any atom is -0.465 e. The first-order valence-electron chi connectivity index (χ1n) is 31.4. The number of carbonyl (C=O) groups is 3. The van der Waals surface area contributed by atoms with E-state index < -0.39 is 0 Å². The van der Waals surface area contributed by atoms with Crippen molar-refractivity contribution < 1.29 is 23.9 Å². The summed E-state index contributed by atoms with van der Waals surface area (Å²) in [6, 6.07) is 0. The standard InChI is InChI=1S/C60H118N2O5.C3H8/c1-8-13-18-31-40-51-62(52-43-50-61(6)7)58(63)55(44-38-29-25-23-27-32-41-53-66-59(64)56(46-34-19-14-9-2)47-35-20-15-10-3)45-39-30-26-24-28-33-42-54-67-60(65)57(48-36-21-16-11-4)49-37-22-17-12-5;1-3-2/h55-57H,8-54H2,1-7H3;3H2,1-2H3. The first-order chi connectivity index (χ1) is 34.2. The van der Waals surface area contributed by atoms with Crippen LogP contribution in [0.1, 0.15) is 325 Å². The molecule has 418 valence electrons. The second kappa shape index (κ2) is 56.7. The van der Waals surface area contributed by atoms with Crippen LogP contribution in [0.5, 0.6) is 0 Å². The molecule has 0 aromatic carbocycles. The van der Waals surface area contributed by atoms with Gasteiger partial charge in [0.05, 0.1) is 25.0 Å². The molecular weight excluding hydrogens is 865 g/mol. The van der Waals surface area contributed by atoms with Gasteiger partial charge in [-0.3, -0.25) is 14.4 Å². The maximum Gasteiger partial charge on any atom is 0.308 e. The molecule has 7 heteroatoms. The third-order valence-corrected chi connectivity index (χ3v) is 14.4. The van der Waals surface area contributed by atoms with Crippen molar-refractivity contribution in [1.29, 1.82) is 0 Å². The minimum atomic E-state index is 0.0563. The van der Waals surface area contributed by atoms with Gasteiger partial charge < -0.3 is 19.3 Å². The molecule has 0 aliphatic heterocycles. The van der Waals surface area contributed by atoms with E-state index in [9.17, 15) is 14.4 Å². The Hall–Kier alpha value is -1.63. The quantitative estimate of drug-likeness (QED) is 0.0446. The minimum absolute atomic E-state index is 0.0563. The Kier molecular flexibility index (Phi) is 57.0. The number of amides is 1. The van der Waals surface area contributed by atoms with Crippen LogP contribution >= 0.6 is 0 Å². The molecule has 1 amide bonds. The van der Waals surface area contributed by atoms with Gasteiger partial charge in [0.25, 0.3) is 0 Å². The molecule has 0 aliphatic rings. The molecule has 0 N–H and O–H groups in total. The Morgan fingerprint density at radius 3 is 0.900 bits per heavy atom. The molecule has 0 bridgehead atoms. The number of hydrogen-bond donors (Lipinski definition) is 0. The van der Waals surface area contributed by atoms with Crippen molar-refractivity contribution in [2.24, 2.45) is 17.8 Å². The van der Waals surface area contributed by atoms with Gasteiger partial charge in [-0.1, -0.05) is 260 Å². The number of rotatable bonds is 53. The summed E-state index contributed by atoms with van der Waals surface area (Å²) >= 11 is 0. The monoisotopic (exact) mass is 991 g/mol. The molecule has 0 fully saturated rings. The summed E-state index contributed by atoms with van der Waals surface area (Å²) in [5, 5.41) is 0. The highest BCUT2D eigenvalue weighted by Gasteiger charge is 2.24. The Balaban J connectivity index is 0. The van der Waals surface area contributed by atoms with Crippen LogP contribution < -0.4 is 0 Å². The normalized spacial score (nSPS) is 11.5. The molecule has 0 spiro atoms. The average molecular weight is 992 g/mol. The molecule has 0 saturated heterocycles. The van der Waals surface area contributed by atoms with Crippen molar-refractivity contribution in [2.45, 2.75) is 325 Å². The van der Waals surface area contributed by atoms with E-state index in [0.29, 0.717) is 19.1 Å². The van der Waals surface area contributed by atoms with Crippen LogP contribution in [0.2, 0.25) is 0 Å². The molecule has 0 radical (unpaired) electrons. The van der Waals surface area contributed by atoms with E-state index in [4.69, 9.17) is 9.47 Å². The Labute approximate surface area is 439 Å². The third kappa shape index (κ3) is 47.4. The van der Waals surface area contributed by atoms with E-state index in [1.807, 2.05) is 0 Å². The summed E-state index contributed by atoms with van der Waals surface area (Å²) in [6.45, 7) is 19.4. The zero-order chi connectivity index (χ0) is 52.0. The van der Waals surface area contributed by atoms with E-state index in [1.165, 1.54) is 161 Å². The number of nitrogens with zero attached hydrogens (tertiary/aromatic N) is 2. The van der Waals surface area contributed by atoms with Crippen molar-refractivity contribution in [3.8, 4) is 0 Å². The van der Waals surface area contributed by atoms with E-state index in [2.05, 4.69) is 72.4 Å². The summed E-state index contributed by atoms with van der Waals surface area (Å²) in [6.07, 6.45) is 50.0. The van der Waals surface area contributed by atoms with Gasteiger partial charge in [-0.05, 0) is 84.8 Å². The number of ether oxygens (including phenoxy) is 2. The molecule has 0 aliphatic carbocycles. The van der Waals surface area contributed by atoms with Gasteiger partial charge in [0.15, 0.2) is 0 Å². The van der Waals surface area contributed by atoms with E-state index in [0.717, 1.165) is 135 Å². The highest BCUT2D eigenvalue weighted by Crippen LogP contribution is 2.25. The zero-order valence-corrected chi connectivity index (χ0v) is 49.1. The van der Waals surface area contributed by atoms with E-state index in [1.54, 1.807) is 0 Å². The molecule has 7 nitrogen and oxygen atoms in total. The van der Waals surface area contributed by atoms with Crippen LogP contribution in [0.15, 0.2) is 0 Å². The van der Waals surface area contributed by atoms with E-state index in [-0.39, 0.29) is 29.7 Å². The van der Waals surface area contributed by atoms with Gasteiger partial charge in [-0.15, -0.1) is 0 Å². The maximum absolute atomic E-state index is 14.3. The smallest absolute Gasteiger partial charge is 0.308 e. The second-order valence-electron chi connectivity index (χ2n) is 22.0. The summed E-state index contributed by atoms with van der Waals surface area (Å²) in [5.74, 6) is 0.860. The SMILES string of the molecule is CCC.CCCCCCCN(CCCN(C)C)C(=O)C(CCCCCCCCCOC(=O)C(CCCCCC)CCCCCC)CCCCCCCCCOC(=O)C(CCCCCC)CCCCCC. The van der Waals surface area contributed by atoms with Gasteiger partial charge in [0, 0.05) is 19.0 Å². The molecule has 0 rings (SSSR count). The molecule has 0 aromatic heterocycles. The predicted octanol–water partition coefficient (Wildman–Crippen LogP) is 19.2. The van der Waals surface area contributed by atoms with Crippen molar-refractivity contribution in [3.63, 3.8) is 0 Å². The fourth-order valence-electron chi connectivity index (χ4n) is 9.83. The summed E-state index contributed by atoms with van der Waals surface area (Å²) in [7, 11) is 4.27. The van der Waals surface area contributed by atoms with Crippen LogP contribution in [-0.4, -0.2) is 74.6 Å². The average Bonchev–Trinajstić information content (AvgIpc) is 3.34. The van der Waals surface area contributed by atoms with Crippen LogP contribution in [0, 0.1) is 17.8 Å². The number of unbranched alkanes of at least 4 members (excludes halogenated alkanes) is 28. The number of hydrogen-bond acceptors (Lipinski definition) is 6. The largest absolute Gasteiger partial charge is 0.465 e. The Morgan fingerprint density at radius 1 is 0.314 bits per heavy atom. The highest BCUT2D eigenvalue weighted by molar-refractivity contribution is 5.78. The zero-order valence-electron chi connectivity index (χ0n) is 49.1. The lowest BCUT2D eigenvalue weighted by Crippen LogP contribution is -2.38. The lowest BCUT2D eigenvalue weighted by molar-refractivity contribution is -0.150. The highest BCUT2D eigenvalue weighted by atomic mass is 16.5. The van der Waals surface area contributed by atoms with Crippen molar-refractivity contribution >= 4 is 17.8 Å². The molecule has 70 heavy (non-hydrogen) atoms. The topological polar surface area (TPSA) is 76.2 Å². The molecule has 0 unspecified atom stereocenters. The van der Waals surface area contributed by atoms with Gasteiger partial charge in [0.2, 0.25) is 5.91 Å². The van der Waals surface area contributed by atoms with Crippen molar-refractivity contribution in [3.05, 3.63) is 0 Å². The van der Waals surface area contributed by atoms with Crippen LogP contribution in [-0.2, 0) is 23.9 Å². The summed E-state index contributed by atoms with van der Waals surface area (Å²) in [5.41, 5.74) is 0. The second-order valence-corrected chi connectivity index (χ2v) is 22.0. The molecule has 0 atom stereocenters. The Morgan fingerprint density at radius 2 is 0.571 bits per heavy atom. The molecule has 0 heterocycles. The maximum atomic E-state index is 14.3. The fraction of sp³-hybridized carbons (Fsp3) is 0.952. The molecular formula is C63H126N2O5. The first-order valence-corrected chi connectivity index (χ1v) is 31.4. The fourth-order valence-corrected chi connectivity index (χ4v) is 9.83. The number of carbonyl (C=O) groups excluding carboxylic acids is 3. The Bertz CT molecular complexity index is 999. The third-order valence-electron chi connectivity index (χ3n) is 14.4. The lowest BCUT2D eigenvalue weighted by atomic mass is 9.92. The van der Waals surface area contributed by atoms with Gasteiger partial charge >= 0.3 is 11.9 Å². The molecule has 0 saturated carbocycles. The summed E-state index contributed by atoms with van der Waals surface area (Å²) in [4.78, 5) is 44.8. The van der Waals surface area contributed by atoms with Crippen LogP contribution in [0.4, 0.5) is 0 Å². The van der Waals surface area contributed by atoms with Crippen LogP contribution in [0.25, 0.3) is 0 Å². The van der Waals surface area contributed by atoms with Crippen molar-refractivity contribution in [2.75, 3.05) is 46.9 Å². The van der Waals surface area contributed by atoms with E-state index >= 15 is 0 Å².